The van der Waals surface area contributed by atoms with Crippen molar-refractivity contribution in [3.8, 4) is 5.69 Å². The third-order valence-corrected chi connectivity index (χ3v) is 3.07. The Balaban J connectivity index is 2.28. The maximum atomic E-state index is 12.3. The molecule has 0 saturated carbocycles. The van der Waals surface area contributed by atoms with Crippen molar-refractivity contribution in [1.29, 1.82) is 0 Å². The van der Waals surface area contributed by atoms with E-state index in [1.807, 2.05) is 44.2 Å². The Morgan fingerprint density at radius 1 is 1.26 bits per heavy atom. The second kappa shape index (κ2) is 5.36. The van der Waals surface area contributed by atoms with Gasteiger partial charge in [0.15, 0.2) is 5.78 Å². The molecule has 4 heteroatoms. The number of ether oxygens (including phenoxy) is 1. The lowest BCUT2D eigenvalue weighted by atomic mass is 10.00. The van der Waals surface area contributed by atoms with Crippen LogP contribution in [0.3, 0.4) is 0 Å². The molecule has 0 N–H and O–H groups in total. The van der Waals surface area contributed by atoms with Crippen molar-refractivity contribution in [3.05, 3.63) is 48.3 Å². The third kappa shape index (κ3) is 3.09. The molecule has 0 amide bonds. The van der Waals surface area contributed by atoms with Crippen LogP contribution in [0.2, 0.25) is 0 Å². The number of nitrogens with zero attached hydrogens (tertiary/aromatic N) is 2. The number of aromatic nitrogens is 2. The predicted octanol–water partition coefficient (Wildman–Crippen LogP) is 2.87. The first-order chi connectivity index (χ1) is 9.03. The van der Waals surface area contributed by atoms with Gasteiger partial charge in [-0.15, -0.1) is 0 Å². The second-order valence-electron chi connectivity index (χ2n) is 5.03. The van der Waals surface area contributed by atoms with Gasteiger partial charge < -0.3 is 4.74 Å². The van der Waals surface area contributed by atoms with E-state index in [9.17, 15) is 4.79 Å². The molecule has 1 aromatic carbocycles. The van der Waals surface area contributed by atoms with Crippen LogP contribution in [0.5, 0.6) is 0 Å². The first-order valence-corrected chi connectivity index (χ1v) is 6.21. The van der Waals surface area contributed by atoms with E-state index in [-0.39, 0.29) is 5.78 Å². The van der Waals surface area contributed by atoms with E-state index in [0.717, 1.165) is 5.69 Å². The van der Waals surface area contributed by atoms with Crippen molar-refractivity contribution < 1.29 is 9.53 Å². The third-order valence-electron chi connectivity index (χ3n) is 3.07. The van der Waals surface area contributed by atoms with Gasteiger partial charge in [-0.3, -0.25) is 4.79 Å². The number of ketones is 1. The molecule has 0 fully saturated rings. The number of benzene rings is 1. The van der Waals surface area contributed by atoms with Crippen LogP contribution in [0.4, 0.5) is 0 Å². The first kappa shape index (κ1) is 13.5. The molecular formula is C15H18N2O2. The van der Waals surface area contributed by atoms with Crippen molar-refractivity contribution in [2.75, 3.05) is 7.11 Å². The molecule has 0 saturated heterocycles. The Hall–Kier alpha value is -1.94. The van der Waals surface area contributed by atoms with Crippen molar-refractivity contribution in [2.24, 2.45) is 0 Å². The Morgan fingerprint density at radius 3 is 2.58 bits per heavy atom. The Kier molecular flexibility index (Phi) is 3.81. The molecule has 0 aliphatic heterocycles. The molecule has 0 aliphatic rings. The number of carbonyl (C=O) groups is 1. The average Bonchev–Trinajstić information content (AvgIpc) is 2.88. The Bertz CT molecular complexity index is 559. The zero-order valence-electron chi connectivity index (χ0n) is 11.5. The quantitative estimate of drug-likeness (QED) is 0.775. The highest BCUT2D eigenvalue weighted by Gasteiger charge is 2.24. The zero-order chi connectivity index (χ0) is 13.9. The lowest BCUT2D eigenvalue weighted by Crippen LogP contribution is -2.27. The molecule has 19 heavy (non-hydrogen) atoms. The zero-order valence-corrected chi connectivity index (χ0v) is 11.5. The van der Waals surface area contributed by atoms with Crippen molar-refractivity contribution in [1.82, 2.24) is 9.78 Å². The van der Waals surface area contributed by atoms with Gasteiger partial charge in [-0.2, -0.15) is 5.10 Å². The van der Waals surface area contributed by atoms with E-state index in [0.29, 0.717) is 12.1 Å². The molecule has 100 valence electrons. The summed E-state index contributed by atoms with van der Waals surface area (Å²) < 4.78 is 6.96. The van der Waals surface area contributed by atoms with E-state index < -0.39 is 5.60 Å². The maximum absolute atomic E-state index is 12.3. The molecule has 2 aromatic rings. The standard InChI is InChI=1S/C15H18N2O2/c1-15(2,19-3)11-14(18)13-9-10-16-17(13)12-7-5-4-6-8-12/h4-10H,11H2,1-3H3. The summed E-state index contributed by atoms with van der Waals surface area (Å²) in [4.78, 5) is 12.3. The lowest BCUT2D eigenvalue weighted by molar-refractivity contribution is 0.0170. The fourth-order valence-corrected chi connectivity index (χ4v) is 1.84. The number of Topliss-reactive ketones (excluding diaryl/α,β-unsaturated/α-hetero) is 1. The molecule has 0 bridgehead atoms. The van der Waals surface area contributed by atoms with Gasteiger partial charge >= 0.3 is 0 Å². The highest BCUT2D eigenvalue weighted by atomic mass is 16.5. The minimum atomic E-state index is -0.469. The lowest BCUT2D eigenvalue weighted by Gasteiger charge is -2.21. The largest absolute Gasteiger partial charge is 0.378 e. The van der Waals surface area contributed by atoms with Crippen LogP contribution in [0.15, 0.2) is 42.6 Å². The van der Waals surface area contributed by atoms with Crippen molar-refractivity contribution in [2.45, 2.75) is 25.9 Å². The summed E-state index contributed by atoms with van der Waals surface area (Å²) in [7, 11) is 1.61. The van der Waals surface area contributed by atoms with Gasteiger partial charge in [0.05, 0.1) is 17.5 Å². The summed E-state index contributed by atoms with van der Waals surface area (Å²) in [6.07, 6.45) is 1.96. The highest BCUT2D eigenvalue weighted by Crippen LogP contribution is 2.18. The van der Waals surface area contributed by atoms with Gasteiger partial charge in [0.25, 0.3) is 0 Å². The van der Waals surface area contributed by atoms with Crippen molar-refractivity contribution in [3.63, 3.8) is 0 Å². The Labute approximate surface area is 113 Å². The van der Waals surface area contributed by atoms with E-state index in [4.69, 9.17) is 4.74 Å². The topological polar surface area (TPSA) is 44.1 Å². The number of hydrogen-bond donors (Lipinski definition) is 0. The van der Waals surface area contributed by atoms with Crippen LogP contribution in [0, 0.1) is 0 Å². The van der Waals surface area contributed by atoms with E-state index >= 15 is 0 Å². The molecule has 0 unspecified atom stereocenters. The fraction of sp³-hybridized carbons (Fsp3) is 0.333. The summed E-state index contributed by atoms with van der Waals surface area (Å²) in [5.41, 5.74) is 0.991. The summed E-state index contributed by atoms with van der Waals surface area (Å²) in [5, 5.41) is 4.22. The molecule has 4 nitrogen and oxygen atoms in total. The van der Waals surface area contributed by atoms with Crippen LogP contribution >= 0.6 is 0 Å². The van der Waals surface area contributed by atoms with Crippen LogP contribution in [-0.2, 0) is 4.74 Å². The van der Waals surface area contributed by atoms with Gasteiger partial charge in [-0.05, 0) is 32.0 Å². The molecule has 2 rings (SSSR count). The van der Waals surface area contributed by atoms with Crippen LogP contribution in [0.1, 0.15) is 30.8 Å². The van der Waals surface area contributed by atoms with Gasteiger partial charge in [-0.1, -0.05) is 18.2 Å². The van der Waals surface area contributed by atoms with Crippen LogP contribution < -0.4 is 0 Å². The molecule has 0 spiro atoms. The van der Waals surface area contributed by atoms with E-state index in [2.05, 4.69) is 5.10 Å². The van der Waals surface area contributed by atoms with E-state index in [1.165, 1.54) is 0 Å². The number of hydrogen-bond acceptors (Lipinski definition) is 3. The Morgan fingerprint density at radius 2 is 1.95 bits per heavy atom. The molecule has 0 aliphatic carbocycles. The van der Waals surface area contributed by atoms with Gasteiger partial charge in [0.2, 0.25) is 0 Å². The van der Waals surface area contributed by atoms with Crippen LogP contribution in [-0.4, -0.2) is 28.3 Å². The summed E-state index contributed by atoms with van der Waals surface area (Å²) in [6, 6.07) is 11.4. The SMILES string of the molecule is COC(C)(C)CC(=O)c1ccnn1-c1ccccc1. The minimum absolute atomic E-state index is 0.0215. The maximum Gasteiger partial charge on any atom is 0.184 e. The fourth-order valence-electron chi connectivity index (χ4n) is 1.84. The minimum Gasteiger partial charge on any atom is -0.378 e. The second-order valence-corrected chi connectivity index (χ2v) is 5.03. The van der Waals surface area contributed by atoms with Crippen LogP contribution in [0.25, 0.3) is 5.69 Å². The average molecular weight is 258 g/mol. The molecule has 1 aromatic heterocycles. The van der Waals surface area contributed by atoms with Gasteiger partial charge in [0, 0.05) is 13.5 Å². The molecular weight excluding hydrogens is 240 g/mol. The first-order valence-electron chi connectivity index (χ1n) is 6.21. The highest BCUT2D eigenvalue weighted by molar-refractivity contribution is 5.95. The molecule has 0 radical (unpaired) electrons. The van der Waals surface area contributed by atoms with Gasteiger partial charge in [0.1, 0.15) is 5.69 Å². The summed E-state index contributed by atoms with van der Waals surface area (Å²) in [6.45, 7) is 3.79. The molecule has 1 heterocycles. The van der Waals surface area contributed by atoms with Gasteiger partial charge in [-0.25, -0.2) is 4.68 Å². The number of methoxy groups -OCH3 is 1. The summed E-state index contributed by atoms with van der Waals surface area (Å²) >= 11 is 0. The monoisotopic (exact) mass is 258 g/mol. The smallest absolute Gasteiger partial charge is 0.184 e. The normalized spacial score (nSPS) is 11.5. The predicted molar refractivity (Wildman–Crippen MR) is 73.6 cm³/mol. The number of rotatable bonds is 5. The number of para-hydroxylation sites is 1. The van der Waals surface area contributed by atoms with E-state index in [1.54, 1.807) is 24.1 Å². The number of carbonyl (C=O) groups excluding carboxylic acids is 1. The molecule has 0 atom stereocenters. The summed E-state index contributed by atoms with van der Waals surface area (Å²) in [5.74, 6) is 0.0215. The van der Waals surface area contributed by atoms with Crippen molar-refractivity contribution >= 4 is 5.78 Å².